The van der Waals surface area contributed by atoms with E-state index in [4.69, 9.17) is 18.0 Å². The van der Waals surface area contributed by atoms with Crippen LogP contribution >= 0.6 is 12.2 Å². The second kappa shape index (κ2) is 5.81. The van der Waals surface area contributed by atoms with Crippen LogP contribution in [0.5, 0.6) is 0 Å². The van der Waals surface area contributed by atoms with Gasteiger partial charge >= 0.3 is 0 Å². The number of aryl methyl sites for hydroxylation is 2. The third-order valence-electron chi connectivity index (χ3n) is 3.71. The number of hydrogen-bond donors (Lipinski definition) is 1. The Hall–Kier alpha value is -0.930. The Balaban J connectivity index is 2.06. The molecule has 2 rings (SSSR count). The molecule has 0 spiro atoms. The van der Waals surface area contributed by atoms with E-state index in [2.05, 4.69) is 36.9 Å². The van der Waals surface area contributed by atoms with Crippen LogP contribution in [0, 0.1) is 13.8 Å². The molecule has 0 aromatic heterocycles. The number of nitrogens with two attached hydrogens (primary N) is 1. The molecule has 0 bridgehead atoms. The quantitative estimate of drug-likeness (QED) is 0.799. The molecule has 98 valence electrons. The largest absolute Gasteiger partial charge is 0.393 e. The summed E-state index contributed by atoms with van der Waals surface area (Å²) in [5.41, 5.74) is 9.85. The summed E-state index contributed by atoms with van der Waals surface area (Å²) in [6.45, 7) is 6.42. The van der Waals surface area contributed by atoms with Gasteiger partial charge in [0.2, 0.25) is 0 Å². The summed E-state index contributed by atoms with van der Waals surface area (Å²) >= 11 is 4.99. The second-order valence-corrected chi connectivity index (χ2v) is 5.81. The first kappa shape index (κ1) is 13.5. The zero-order chi connectivity index (χ0) is 13.1. The molecule has 1 fully saturated rings. The highest BCUT2D eigenvalue weighted by molar-refractivity contribution is 7.80. The summed E-state index contributed by atoms with van der Waals surface area (Å²) in [5.74, 6) is 0. The molecule has 0 heterocycles. The van der Waals surface area contributed by atoms with Crippen LogP contribution in [0.25, 0.3) is 0 Å². The van der Waals surface area contributed by atoms with Crippen molar-refractivity contribution in [1.82, 2.24) is 4.90 Å². The summed E-state index contributed by atoms with van der Waals surface area (Å²) < 4.78 is 0. The van der Waals surface area contributed by atoms with Crippen molar-refractivity contribution in [2.24, 2.45) is 5.73 Å². The molecule has 1 aromatic carbocycles. The van der Waals surface area contributed by atoms with Crippen LogP contribution in [0.2, 0.25) is 0 Å². The van der Waals surface area contributed by atoms with Crippen LogP contribution in [-0.2, 0) is 6.54 Å². The first-order valence-corrected chi connectivity index (χ1v) is 7.06. The highest BCUT2D eigenvalue weighted by Crippen LogP contribution is 2.29. The molecule has 0 aliphatic heterocycles. The highest BCUT2D eigenvalue weighted by atomic mass is 32.1. The minimum atomic E-state index is 0.627. The van der Waals surface area contributed by atoms with E-state index >= 15 is 0 Å². The number of rotatable bonds is 6. The van der Waals surface area contributed by atoms with Crippen LogP contribution in [-0.4, -0.2) is 22.5 Å². The Morgan fingerprint density at radius 1 is 1.33 bits per heavy atom. The lowest BCUT2D eigenvalue weighted by molar-refractivity contribution is 0.261. The van der Waals surface area contributed by atoms with E-state index < -0.39 is 0 Å². The van der Waals surface area contributed by atoms with Crippen LogP contribution in [0.1, 0.15) is 36.0 Å². The predicted molar refractivity (Wildman–Crippen MR) is 80.8 cm³/mol. The van der Waals surface area contributed by atoms with E-state index in [9.17, 15) is 0 Å². The van der Waals surface area contributed by atoms with E-state index in [1.165, 1.54) is 29.5 Å². The van der Waals surface area contributed by atoms with Crippen molar-refractivity contribution in [3.05, 3.63) is 34.9 Å². The number of thiocarbonyl (C=S) groups is 1. The molecule has 0 unspecified atom stereocenters. The van der Waals surface area contributed by atoms with E-state index in [0.717, 1.165) is 25.6 Å². The monoisotopic (exact) mass is 262 g/mol. The lowest BCUT2D eigenvalue weighted by Crippen LogP contribution is -2.29. The number of nitrogens with zero attached hydrogens (tertiary/aromatic N) is 1. The van der Waals surface area contributed by atoms with E-state index in [0.29, 0.717) is 4.99 Å². The number of hydrogen-bond acceptors (Lipinski definition) is 2. The summed E-state index contributed by atoms with van der Waals surface area (Å²) in [5, 5.41) is 0. The molecule has 18 heavy (non-hydrogen) atoms. The maximum absolute atomic E-state index is 5.62. The summed E-state index contributed by atoms with van der Waals surface area (Å²) in [4.78, 5) is 3.16. The molecule has 1 aromatic rings. The van der Waals surface area contributed by atoms with Gasteiger partial charge in [-0.15, -0.1) is 0 Å². The molecule has 0 amide bonds. The molecule has 1 saturated carbocycles. The lowest BCUT2D eigenvalue weighted by atomic mass is 10.0. The Morgan fingerprint density at radius 3 is 2.44 bits per heavy atom. The van der Waals surface area contributed by atoms with Gasteiger partial charge in [-0.2, -0.15) is 0 Å². The molecule has 0 radical (unpaired) electrons. The third-order valence-corrected chi connectivity index (χ3v) is 3.92. The van der Waals surface area contributed by atoms with Crippen molar-refractivity contribution in [3.63, 3.8) is 0 Å². The molecule has 3 heteroatoms. The lowest BCUT2D eigenvalue weighted by Gasteiger charge is -2.24. The fraction of sp³-hybridized carbons (Fsp3) is 0.533. The zero-order valence-corrected chi connectivity index (χ0v) is 12.1. The van der Waals surface area contributed by atoms with Gasteiger partial charge in [0.05, 0.1) is 4.99 Å². The smallest absolute Gasteiger partial charge is 0.0740 e. The Kier molecular flexibility index (Phi) is 4.36. The van der Waals surface area contributed by atoms with Gasteiger partial charge in [0.15, 0.2) is 0 Å². The van der Waals surface area contributed by atoms with E-state index in [-0.39, 0.29) is 0 Å². The van der Waals surface area contributed by atoms with Crippen molar-refractivity contribution in [1.29, 1.82) is 0 Å². The summed E-state index contributed by atoms with van der Waals surface area (Å²) in [6, 6.07) is 7.27. The van der Waals surface area contributed by atoms with E-state index in [1.807, 2.05) is 0 Å². The molecule has 0 atom stereocenters. The summed E-state index contributed by atoms with van der Waals surface area (Å²) in [7, 11) is 0. The fourth-order valence-corrected chi connectivity index (χ4v) is 2.48. The van der Waals surface area contributed by atoms with Crippen LogP contribution in [0.4, 0.5) is 0 Å². The molecule has 0 saturated heterocycles. The first-order chi connectivity index (χ1) is 8.58. The van der Waals surface area contributed by atoms with Gasteiger partial charge in [0, 0.05) is 25.6 Å². The standard InChI is InChI=1S/C15H22N2S/c1-11-4-3-5-12(2)14(11)10-17(13-6-7-13)9-8-15(16)18/h3-5,13H,6-10H2,1-2H3,(H2,16,18). The number of benzene rings is 1. The first-order valence-electron chi connectivity index (χ1n) is 6.65. The Morgan fingerprint density at radius 2 is 1.94 bits per heavy atom. The molecule has 1 aliphatic rings. The van der Waals surface area contributed by atoms with Gasteiger partial charge in [-0.25, -0.2) is 0 Å². The maximum Gasteiger partial charge on any atom is 0.0740 e. The van der Waals surface area contributed by atoms with Gasteiger partial charge in [-0.1, -0.05) is 30.4 Å². The molecular formula is C15H22N2S. The Labute approximate surface area is 115 Å². The normalized spacial score (nSPS) is 15.1. The average molecular weight is 262 g/mol. The fourth-order valence-electron chi connectivity index (χ4n) is 2.39. The summed E-state index contributed by atoms with van der Waals surface area (Å²) in [6.07, 6.45) is 3.47. The second-order valence-electron chi connectivity index (χ2n) is 5.29. The average Bonchev–Trinajstić information content (AvgIpc) is 3.11. The van der Waals surface area contributed by atoms with Crippen molar-refractivity contribution >= 4 is 17.2 Å². The van der Waals surface area contributed by atoms with Gasteiger partial charge in [-0.3, -0.25) is 4.90 Å². The van der Waals surface area contributed by atoms with Crippen molar-refractivity contribution in [3.8, 4) is 0 Å². The highest BCUT2D eigenvalue weighted by Gasteiger charge is 2.29. The van der Waals surface area contributed by atoms with E-state index in [1.54, 1.807) is 0 Å². The molecule has 2 N–H and O–H groups in total. The van der Waals surface area contributed by atoms with Crippen molar-refractivity contribution in [2.45, 2.75) is 45.7 Å². The predicted octanol–water partition coefficient (Wildman–Crippen LogP) is 2.94. The zero-order valence-electron chi connectivity index (χ0n) is 11.3. The van der Waals surface area contributed by atoms with Crippen molar-refractivity contribution in [2.75, 3.05) is 6.54 Å². The maximum atomic E-state index is 5.62. The molecule has 1 aliphatic carbocycles. The van der Waals surface area contributed by atoms with Crippen molar-refractivity contribution < 1.29 is 0 Å². The third kappa shape index (κ3) is 3.53. The molecule has 2 nitrogen and oxygen atoms in total. The minimum Gasteiger partial charge on any atom is -0.393 e. The Bertz CT molecular complexity index is 418. The van der Waals surface area contributed by atoms with Gasteiger partial charge in [0.25, 0.3) is 0 Å². The van der Waals surface area contributed by atoms with Gasteiger partial charge in [-0.05, 0) is 43.4 Å². The SMILES string of the molecule is Cc1cccc(C)c1CN(CCC(N)=S)C1CC1. The topological polar surface area (TPSA) is 29.3 Å². The molecular weight excluding hydrogens is 240 g/mol. The van der Waals surface area contributed by atoms with Crippen LogP contribution in [0.15, 0.2) is 18.2 Å². The van der Waals surface area contributed by atoms with Crippen LogP contribution < -0.4 is 5.73 Å². The van der Waals surface area contributed by atoms with Gasteiger partial charge < -0.3 is 5.73 Å². The van der Waals surface area contributed by atoms with Gasteiger partial charge in [0.1, 0.15) is 0 Å². The minimum absolute atomic E-state index is 0.627. The van der Waals surface area contributed by atoms with Crippen LogP contribution in [0.3, 0.4) is 0 Å².